The van der Waals surface area contributed by atoms with Crippen LogP contribution in [-0.4, -0.2) is 35.0 Å². The van der Waals surface area contributed by atoms with Crippen molar-refractivity contribution in [2.24, 2.45) is 5.92 Å². The van der Waals surface area contributed by atoms with Crippen molar-refractivity contribution < 1.29 is 19.5 Å². The van der Waals surface area contributed by atoms with E-state index in [0.717, 1.165) is 0 Å². The summed E-state index contributed by atoms with van der Waals surface area (Å²) in [4.78, 5) is 33.4. The van der Waals surface area contributed by atoms with Gasteiger partial charge < -0.3 is 15.7 Å². The zero-order valence-corrected chi connectivity index (χ0v) is 9.32. The molecule has 3 N–H and O–H groups in total. The third kappa shape index (κ3) is 2.95. The van der Waals surface area contributed by atoms with E-state index in [0.29, 0.717) is 12.8 Å². The summed E-state index contributed by atoms with van der Waals surface area (Å²) < 4.78 is 0. The molecule has 0 aromatic rings. The second-order valence-electron chi connectivity index (χ2n) is 4.23. The molecule has 0 bridgehead atoms. The van der Waals surface area contributed by atoms with Crippen molar-refractivity contribution >= 4 is 17.8 Å². The Morgan fingerprint density at radius 2 is 2.12 bits per heavy atom. The molecule has 1 heterocycles. The molecule has 0 radical (unpaired) electrons. The van der Waals surface area contributed by atoms with Crippen molar-refractivity contribution in [1.82, 2.24) is 10.6 Å². The van der Waals surface area contributed by atoms with Gasteiger partial charge in [0.1, 0.15) is 12.1 Å². The molecule has 1 rings (SSSR count). The molecule has 1 fully saturated rings. The van der Waals surface area contributed by atoms with E-state index in [2.05, 4.69) is 10.6 Å². The summed E-state index contributed by atoms with van der Waals surface area (Å²) in [5.74, 6) is -1.85. The maximum Gasteiger partial charge on any atom is 0.326 e. The van der Waals surface area contributed by atoms with Gasteiger partial charge in [-0.05, 0) is 12.3 Å². The number of carboxylic acids is 1. The smallest absolute Gasteiger partial charge is 0.326 e. The van der Waals surface area contributed by atoms with Gasteiger partial charge in [-0.2, -0.15) is 0 Å². The quantitative estimate of drug-likeness (QED) is 0.604. The van der Waals surface area contributed by atoms with Crippen molar-refractivity contribution in [1.29, 1.82) is 0 Å². The number of carbonyl (C=O) groups excluding carboxylic acids is 2. The second-order valence-corrected chi connectivity index (χ2v) is 4.23. The number of hydrogen-bond acceptors (Lipinski definition) is 3. The van der Waals surface area contributed by atoms with E-state index in [1.807, 2.05) is 0 Å². The van der Waals surface area contributed by atoms with Gasteiger partial charge in [0.2, 0.25) is 11.8 Å². The Bertz CT molecular complexity index is 314. The molecule has 2 atom stereocenters. The van der Waals surface area contributed by atoms with Crippen LogP contribution in [0.3, 0.4) is 0 Å². The molecule has 6 heteroatoms. The molecule has 0 aromatic carbocycles. The van der Waals surface area contributed by atoms with Crippen molar-refractivity contribution in [3.8, 4) is 0 Å². The summed E-state index contributed by atoms with van der Waals surface area (Å²) in [5.41, 5.74) is 0. The highest BCUT2D eigenvalue weighted by atomic mass is 16.4. The Balaban J connectivity index is 2.55. The van der Waals surface area contributed by atoms with E-state index in [9.17, 15) is 14.4 Å². The van der Waals surface area contributed by atoms with Crippen molar-refractivity contribution in [2.75, 3.05) is 0 Å². The molecule has 1 saturated heterocycles. The fraction of sp³-hybridized carbons (Fsp3) is 0.700. The molecule has 6 nitrogen and oxygen atoms in total. The number of rotatable bonds is 4. The Kier molecular flexibility index (Phi) is 3.87. The molecule has 2 amide bonds. The molecule has 0 aliphatic carbocycles. The zero-order valence-electron chi connectivity index (χ0n) is 9.32. The van der Waals surface area contributed by atoms with Crippen LogP contribution in [0.25, 0.3) is 0 Å². The first-order valence-corrected chi connectivity index (χ1v) is 5.24. The maximum absolute atomic E-state index is 11.6. The van der Waals surface area contributed by atoms with Gasteiger partial charge in [0.25, 0.3) is 0 Å². The van der Waals surface area contributed by atoms with Crippen molar-refractivity contribution in [2.45, 2.75) is 38.8 Å². The van der Waals surface area contributed by atoms with Crippen LogP contribution in [0.5, 0.6) is 0 Å². The van der Waals surface area contributed by atoms with Gasteiger partial charge >= 0.3 is 5.97 Å². The molecular weight excluding hydrogens is 212 g/mol. The van der Waals surface area contributed by atoms with Gasteiger partial charge in [0, 0.05) is 6.42 Å². The number of hydrogen-bond donors (Lipinski definition) is 3. The highest BCUT2D eigenvalue weighted by molar-refractivity contribution is 5.92. The third-order valence-corrected chi connectivity index (χ3v) is 2.54. The molecule has 0 aromatic heterocycles. The van der Waals surface area contributed by atoms with Gasteiger partial charge in [-0.25, -0.2) is 4.79 Å². The predicted molar refractivity (Wildman–Crippen MR) is 55.6 cm³/mol. The summed E-state index contributed by atoms with van der Waals surface area (Å²) in [7, 11) is 0. The number of carboxylic acid groups (broad SMARTS) is 1. The molecule has 0 saturated carbocycles. The lowest BCUT2D eigenvalue weighted by molar-refractivity contribution is -0.143. The molecular formula is C10H16N2O4. The van der Waals surface area contributed by atoms with E-state index in [4.69, 9.17) is 5.11 Å². The van der Waals surface area contributed by atoms with Crippen LogP contribution in [-0.2, 0) is 14.4 Å². The van der Waals surface area contributed by atoms with E-state index in [1.165, 1.54) is 0 Å². The number of nitrogens with one attached hydrogen (secondary N) is 2. The van der Waals surface area contributed by atoms with Crippen molar-refractivity contribution in [3.63, 3.8) is 0 Å². The molecule has 1 aliphatic rings. The molecule has 0 spiro atoms. The Hall–Kier alpha value is -1.59. The summed E-state index contributed by atoms with van der Waals surface area (Å²) in [6.45, 7) is 3.43. The summed E-state index contributed by atoms with van der Waals surface area (Å²) >= 11 is 0. The molecule has 16 heavy (non-hydrogen) atoms. The molecule has 90 valence electrons. The van der Waals surface area contributed by atoms with E-state index in [-0.39, 0.29) is 11.8 Å². The van der Waals surface area contributed by atoms with Gasteiger partial charge in [-0.1, -0.05) is 13.8 Å². The lowest BCUT2D eigenvalue weighted by atomic mass is 10.0. The Morgan fingerprint density at radius 1 is 1.50 bits per heavy atom. The van der Waals surface area contributed by atoms with Crippen LogP contribution < -0.4 is 10.6 Å². The predicted octanol–water partition coefficient (Wildman–Crippen LogP) is -0.510. The first-order valence-electron chi connectivity index (χ1n) is 5.24. The van der Waals surface area contributed by atoms with E-state index in [1.54, 1.807) is 13.8 Å². The van der Waals surface area contributed by atoms with Crippen LogP contribution in [0.15, 0.2) is 0 Å². The number of carbonyl (C=O) groups is 3. The largest absolute Gasteiger partial charge is 0.480 e. The Labute approximate surface area is 93.4 Å². The monoisotopic (exact) mass is 228 g/mol. The van der Waals surface area contributed by atoms with Crippen molar-refractivity contribution in [3.05, 3.63) is 0 Å². The lowest BCUT2D eigenvalue weighted by Crippen LogP contribution is -2.50. The van der Waals surface area contributed by atoms with E-state index >= 15 is 0 Å². The van der Waals surface area contributed by atoms with Gasteiger partial charge in [-0.3, -0.25) is 9.59 Å². The van der Waals surface area contributed by atoms with Crippen LogP contribution in [0.4, 0.5) is 0 Å². The first kappa shape index (κ1) is 12.5. The topological polar surface area (TPSA) is 95.5 Å². The standard InChI is InChI=1S/C10H16N2O4/c1-5(2)8(10(15)16)12-9(14)6-3-4-7(13)11-6/h5-6,8H,3-4H2,1-2H3,(H,11,13)(H,12,14)(H,15,16)/t6?,8-/m0/s1. The molecule has 1 unspecified atom stereocenters. The maximum atomic E-state index is 11.6. The summed E-state index contributed by atoms with van der Waals surface area (Å²) in [6, 6.07) is -1.50. The fourth-order valence-corrected chi connectivity index (χ4v) is 1.58. The molecule has 1 aliphatic heterocycles. The van der Waals surface area contributed by atoms with Gasteiger partial charge in [0.05, 0.1) is 0 Å². The van der Waals surface area contributed by atoms with E-state index < -0.39 is 24.0 Å². The minimum Gasteiger partial charge on any atom is -0.480 e. The van der Waals surface area contributed by atoms with Crippen LogP contribution >= 0.6 is 0 Å². The van der Waals surface area contributed by atoms with Gasteiger partial charge in [-0.15, -0.1) is 0 Å². The normalized spacial score (nSPS) is 21.7. The highest BCUT2D eigenvalue weighted by Crippen LogP contribution is 2.08. The first-order chi connectivity index (χ1) is 7.41. The fourth-order valence-electron chi connectivity index (χ4n) is 1.58. The van der Waals surface area contributed by atoms with Crippen LogP contribution in [0.2, 0.25) is 0 Å². The minimum absolute atomic E-state index is 0.170. The van der Waals surface area contributed by atoms with Crippen LogP contribution in [0.1, 0.15) is 26.7 Å². The lowest BCUT2D eigenvalue weighted by Gasteiger charge is -2.20. The highest BCUT2D eigenvalue weighted by Gasteiger charge is 2.31. The van der Waals surface area contributed by atoms with Gasteiger partial charge in [0.15, 0.2) is 0 Å². The minimum atomic E-state index is -1.06. The average molecular weight is 228 g/mol. The second kappa shape index (κ2) is 4.96. The summed E-state index contributed by atoms with van der Waals surface area (Å²) in [5, 5.41) is 13.8. The number of amides is 2. The third-order valence-electron chi connectivity index (χ3n) is 2.54. The Morgan fingerprint density at radius 3 is 2.50 bits per heavy atom. The zero-order chi connectivity index (χ0) is 12.3. The van der Waals surface area contributed by atoms with Crippen LogP contribution in [0, 0.1) is 5.92 Å². The summed E-state index contributed by atoms with van der Waals surface area (Å²) in [6.07, 6.45) is 0.743. The number of aliphatic carboxylic acids is 1. The SMILES string of the molecule is CC(C)[C@H](NC(=O)C1CCC(=O)N1)C(=O)O. The average Bonchev–Trinajstić information content (AvgIpc) is 2.59.